The van der Waals surface area contributed by atoms with Gasteiger partial charge in [-0.15, -0.1) is 0 Å². The van der Waals surface area contributed by atoms with E-state index in [-0.39, 0.29) is 6.04 Å². The van der Waals surface area contributed by atoms with Crippen LogP contribution < -0.4 is 10.1 Å². The highest BCUT2D eigenvalue weighted by Gasteiger charge is 2.17. The minimum Gasteiger partial charge on any atom is -0.480 e. The zero-order valence-corrected chi connectivity index (χ0v) is 10.9. The van der Waals surface area contributed by atoms with E-state index in [2.05, 4.69) is 29.1 Å². The largest absolute Gasteiger partial charge is 0.480 e. The van der Waals surface area contributed by atoms with Crippen LogP contribution in [0.4, 0.5) is 0 Å². The minimum absolute atomic E-state index is 0.207. The van der Waals surface area contributed by atoms with E-state index in [0.29, 0.717) is 5.88 Å². The van der Waals surface area contributed by atoms with E-state index in [4.69, 9.17) is 4.74 Å². The average molecular weight is 241 g/mol. The van der Waals surface area contributed by atoms with Crippen LogP contribution in [0.3, 0.4) is 0 Å². The Hall–Kier alpha value is -0.810. The predicted molar refractivity (Wildman–Crippen MR) is 68.0 cm³/mol. The van der Waals surface area contributed by atoms with E-state index in [9.17, 15) is 0 Å². The van der Waals surface area contributed by atoms with Crippen molar-refractivity contribution in [2.45, 2.75) is 19.9 Å². The molecule has 1 N–H and O–H groups in total. The van der Waals surface area contributed by atoms with Crippen LogP contribution >= 0.6 is 11.8 Å². The van der Waals surface area contributed by atoms with Crippen LogP contribution in [0.15, 0.2) is 12.4 Å². The van der Waals surface area contributed by atoms with E-state index < -0.39 is 0 Å². The van der Waals surface area contributed by atoms with Crippen LogP contribution in [-0.4, -0.2) is 35.1 Å². The molecule has 1 heterocycles. The zero-order chi connectivity index (χ0) is 11.8. The second-order valence-corrected chi connectivity index (χ2v) is 4.54. The molecule has 16 heavy (non-hydrogen) atoms. The number of nitrogens with zero attached hydrogens (tertiary/aromatic N) is 2. The summed E-state index contributed by atoms with van der Waals surface area (Å²) in [5.74, 6) is 2.70. The number of ether oxygens (including phenoxy) is 1. The van der Waals surface area contributed by atoms with Gasteiger partial charge in [0.1, 0.15) is 5.69 Å². The van der Waals surface area contributed by atoms with Crippen molar-refractivity contribution >= 4 is 11.8 Å². The molecule has 0 aliphatic carbocycles. The van der Waals surface area contributed by atoms with Crippen molar-refractivity contribution < 1.29 is 4.74 Å². The second-order valence-electron chi connectivity index (χ2n) is 3.22. The van der Waals surface area contributed by atoms with E-state index in [1.54, 1.807) is 19.5 Å². The molecule has 0 fully saturated rings. The highest BCUT2D eigenvalue weighted by Crippen LogP contribution is 2.22. The molecular weight excluding hydrogens is 222 g/mol. The Morgan fingerprint density at radius 3 is 2.75 bits per heavy atom. The zero-order valence-electron chi connectivity index (χ0n) is 10.1. The lowest BCUT2D eigenvalue weighted by molar-refractivity contribution is 0.381. The maximum Gasteiger partial charge on any atom is 0.237 e. The molecule has 0 amide bonds. The van der Waals surface area contributed by atoms with Gasteiger partial charge >= 0.3 is 0 Å². The monoisotopic (exact) mass is 241 g/mol. The van der Waals surface area contributed by atoms with Crippen LogP contribution in [0.25, 0.3) is 0 Å². The van der Waals surface area contributed by atoms with Crippen molar-refractivity contribution in [3.8, 4) is 5.88 Å². The standard InChI is InChI=1S/C11H19N3OS/c1-4-12-9(8-16-5-2)10-11(15-3)14-7-6-13-10/h6-7,9,12H,4-5,8H2,1-3H3. The molecule has 0 radical (unpaired) electrons. The summed E-state index contributed by atoms with van der Waals surface area (Å²) in [6, 6.07) is 0.207. The first-order chi connectivity index (χ1) is 7.83. The molecule has 5 heteroatoms. The number of methoxy groups -OCH3 is 1. The van der Waals surface area contributed by atoms with Gasteiger partial charge < -0.3 is 10.1 Å². The van der Waals surface area contributed by atoms with Crippen molar-refractivity contribution in [1.82, 2.24) is 15.3 Å². The maximum atomic E-state index is 5.23. The van der Waals surface area contributed by atoms with E-state index in [1.165, 1.54) is 0 Å². The number of nitrogens with one attached hydrogen (secondary N) is 1. The first kappa shape index (κ1) is 13.3. The summed E-state index contributed by atoms with van der Waals surface area (Å²) in [6.07, 6.45) is 3.36. The predicted octanol–water partition coefficient (Wildman–Crippen LogP) is 1.89. The molecule has 0 saturated heterocycles. The van der Waals surface area contributed by atoms with Gasteiger partial charge in [-0.1, -0.05) is 13.8 Å². The van der Waals surface area contributed by atoms with E-state index >= 15 is 0 Å². The van der Waals surface area contributed by atoms with Gasteiger partial charge in [0, 0.05) is 18.1 Å². The molecule has 1 atom stereocenters. The summed E-state index contributed by atoms with van der Waals surface area (Å²) in [4.78, 5) is 8.53. The molecule has 1 rings (SSSR count). The van der Waals surface area contributed by atoms with Crippen LogP contribution in [0, 0.1) is 0 Å². The van der Waals surface area contributed by atoms with Crippen LogP contribution in [0.5, 0.6) is 5.88 Å². The smallest absolute Gasteiger partial charge is 0.237 e. The molecule has 1 aromatic heterocycles. The third-order valence-corrected chi connectivity index (χ3v) is 3.13. The van der Waals surface area contributed by atoms with Crippen molar-refractivity contribution in [1.29, 1.82) is 0 Å². The summed E-state index contributed by atoms with van der Waals surface area (Å²) in [5.41, 5.74) is 0.896. The average Bonchev–Trinajstić information content (AvgIpc) is 2.34. The first-order valence-corrected chi connectivity index (χ1v) is 6.64. The topological polar surface area (TPSA) is 47.0 Å². The summed E-state index contributed by atoms with van der Waals surface area (Å²) in [5, 5.41) is 3.41. The quantitative estimate of drug-likeness (QED) is 0.790. The van der Waals surface area contributed by atoms with Crippen molar-refractivity contribution in [3.63, 3.8) is 0 Å². The van der Waals surface area contributed by atoms with Crippen molar-refractivity contribution in [2.24, 2.45) is 0 Å². The van der Waals surface area contributed by atoms with Gasteiger partial charge in [-0.2, -0.15) is 11.8 Å². The third-order valence-electron chi connectivity index (χ3n) is 2.15. The van der Waals surface area contributed by atoms with Gasteiger partial charge in [0.25, 0.3) is 0 Å². The lowest BCUT2D eigenvalue weighted by Crippen LogP contribution is -2.24. The van der Waals surface area contributed by atoms with Crippen molar-refractivity contribution in [2.75, 3.05) is 25.2 Å². The fourth-order valence-corrected chi connectivity index (χ4v) is 2.20. The van der Waals surface area contributed by atoms with Gasteiger partial charge in [0.05, 0.1) is 13.2 Å². The molecule has 0 aromatic carbocycles. The van der Waals surface area contributed by atoms with Gasteiger partial charge in [0.2, 0.25) is 5.88 Å². The summed E-state index contributed by atoms with van der Waals surface area (Å²) in [7, 11) is 1.63. The highest BCUT2D eigenvalue weighted by molar-refractivity contribution is 7.99. The summed E-state index contributed by atoms with van der Waals surface area (Å²) in [6.45, 7) is 5.16. The second kappa shape index (κ2) is 7.46. The van der Waals surface area contributed by atoms with Crippen LogP contribution in [0.2, 0.25) is 0 Å². The molecule has 0 saturated carbocycles. The Bertz CT molecular complexity index is 309. The van der Waals surface area contributed by atoms with E-state index in [1.807, 2.05) is 11.8 Å². The Balaban J connectivity index is 2.81. The molecule has 1 aromatic rings. The van der Waals surface area contributed by atoms with Crippen molar-refractivity contribution in [3.05, 3.63) is 18.1 Å². The molecular formula is C11H19N3OS. The molecule has 90 valence electrons. The summed E-state index contributed by atoms with van der Waals surface area (Å²) >= 11 is 1.88. The maximum absolute atomic E-state index is 5.23. The van der Waals surface area contributed by atoms with Gasteiger partial charge in [0.15, 0.2) is 0 Å². The van der Waals surface area contributed by atoms with E-state index in [0.717, 1.165) is 23.7 Å². The Morgan fingerprint density at radius 1 is 1.38 bits per heavy atom. The minimum atomic E-state index is 0.207. The Kier molecular flexibility index (Phi) is 6.18. The molecule has 0 aliphatic heterocycles. The first-order valence-electron chi connectivity index (χ1n) is 5.49. The molecule has 1 unspecified atom stereocenters. The Labute approximate surface area is 101 Å². The highest BCUT2D eigenvalue weighted by atomic mass is 32.2. The lowest BCUT2D eigenvalue weighted by atomic mass is 10.2. The SMILES string of the molecule is CCNC(CSCC)c1nccnc1OC. The normalized spacial score (nSPS) is 12.4. The van der Waals surface area contributed by atoms with Gasteiger partial charge in [-0.3, -0.25) is 4.98 Å². The number of hydrogen-bond acceptors (Lipinski definition) is 5. The van der Waals surface area contributed by atoms with Gasteiger partial charge in [-0.05, 0) is 12.3 Å². The number of thioether (sulfide) groups is 1. The molecule has 0 bridgehead atoms. The molecule has 0 spiro atoms. The third kappa shape index (κ3) is 3.64. The number of aromatic nitrogens is 2. The molecule has 0 aliphatic rings. The number of rotatable bonds is 7. The fraction of sp³-hybridized carbons (Fsp3) is 0.636. The molecule has 4 nitrogen and oxygen atoms in total. The Morgan fingerprint density at radius 2 is 2.12 bits per heavy atom. The lowest BCUT2D eigenvalue weighted by Gasteiger charge is -2.18. The van der Waals surface area contributed by atoms with Gasteiger partial charge in [-0.25, -0.2) is 4.98 Å². The fourth-order valence-electron chi connectivity index (χ4n) is 1.45. The van der Waals surface area contributed by atoms with Crippen LogP contribution in [-0.2, 0) is 0 Å². The summed E-state index contributed by atoms with van der Waals surface area (Å²) < 4.78 is 5.23. The number of hydrogen-bond donors (Lipinski definition) is 1. The van der Waals surface area contributed by atoms with Crippen LogP contribution in [0.1, 0.15) is 25.6 Å².